The Kier molecular flexibility index (Phi) is 46.4. The van der Waals surface area contributed by atoms with E-state index in [1.165, 1.54) is 128 Å². The number of carbonyl (C=O) groups is 3. The maximum atomic E-state index is 12.8. The number of carbonyl (C=O) groups excluding carboxylic acids is 3. The van der Waals surface area contributed by atoms with Gasteiger partial charge in [-0.3, -0.25) is 23.4 Å². The zero-order valence-corrected chi connectivity index (χ0v) is 42.4. The first-order valence-electron chi connectivity index (χ1n) is 26.6. The highest BCUT2D eigenvalue weighted by Gasteiger charge is 2.28. The third-order valence-corrected chi connectivity index (χ3v) is 12.6. The number of hydrogen-bond donors (Lipinski definition) is 2. The monoisotopic (exact) mass is 931 g/mol. The summed E-state index contributed by atoms with van der Waals surface area (Å²) in [5.41, 5.74) is 0. The van der Waals surface area contributed by atoms with E-state index in [-0.39, 0.29) is 25.9 Å². The molecule has 64 heavy (non-hydrogen) atoms. The molecule has 0 bridgehead atoms. The molecule has 11 nitrogen and oxygen atoms in total. The molecule has 0 amide bonds. The van der Waals surface area contributed by atoms with Crippen LogP contribution in [0.2, 0.25) is 0 Å². The molecule has 378 valence electrons. The van der Waals surface area contributed by atoms with E-state index >= 15 is 0 Å². The number of unbranched alkanes of at least 4 members (excludes halogenated alkanes) is 31. The van der Waals surface area contributed by atoms with Gasteiger partial charge in [0, 0.05) is 19.3 Å². The van der Waals surface area contributed by atoms with Gasteiger partial charge in [0.25, 0.3) is 0 Å². The summed E-state index contributed by atoms with van der Waals surface area (Å²) in [7, 11) is -4.73. The summed E-state index contributed by atoms with van der Waals surface area (Å²) in [6, 6.07) is 0. The highest BCUT2D eigenvalue weighted by atomic mass is 31.2. The van der Waals surface area contributed by atoms with Gasteiger partial charge in [0.05, 0.1) is 19.8 Å². The Morgan fingerprint density at radius 3 is 1.08 bits per heavy atom. The quantitative estimate of drug-likeness (QED) is 0.0197. The van der Waals surface area contributed by atoms with Crippen LogP contribution in [0.4, 0.5) is 0 Å². The molecule has 2 N–H and O–H groups in total. The SMILES string of the molecule is CCCCCCCC/C=C\CCCCCCCC(=O)OCC(COP(=O)(O)OCC(CO)OC(=O)CCCCCCCCCCCCC)OC(=O)CCCCCCCCCCCCC. The zero-order chi connectivity index (χ0) is 47.0. The Bertz CT molecular complexity index is 1130. The minimum atomic E-state index is -4.73. The summed E-state index contributed by atoms with van der Waals surface area (Å²) in [4.78, 5) is 48.2. The molecule has 0 aliphatic rings. The smallest absolute Gasteiger partial charge is 0.462 e. The Morgan fingerprint density at radius 1 is 0.422 bits per heavy atom. The maximum Gasteiger partial charge on any atom is 0.472 e. The number of allylic oxidation sites excluding steroid dienone is 2. The first-order chi connectivity index (χ1) is 31.2. The van der Waals surface area contributed by atoms with Gasteiger partial charge >= 0.3 is 25.7 Å². The van der Waals surface area contributed by atoms with E-state index in [1.807, 2.05) is 0 Å². The average Bonchev–Trinajstić information content (AvgIpc) is 3.28. The lowest BCUT2D eigenvalue weighted by Crippen LogP contribution is -2.30. The first-order valence-corrected chi connectivity index (χ1v) is 28.1. The van der Waals surface area contributed by atoms with Gasteiger partial charge in [0.15, 0.2) is 6.10 Å². The van der Waals surface area contributed by atoms with E-state index in [2.05, 4.69) is 32.9 Å². The number of aliphatic hydroxyl groups excluding tert-OH is 1. The molecule has 0 spiro atoms. The highest BCUT2D eigenvalue weighted by Crippen LogP contribution is 2.43. The highest BCUT2D eigenvalue weighted by molar-refractivity contribution is 7.47. The van der Waals surface area contributed by atoms with Crippen molar-refractivity contribution in [3.05, 3.63) is 12.2 Å². The molecule has 12 heteroatoms. The lowest BCUT2D eigenvalue weighted by Gasteiger charge is -2.21. The second-order valence-corrected chi connectivity index (χ2v) is 19.5. The van der Waals surface area contributed by atoms with Crippen LogP contribution >= 0.6 is 7.82 Å². The maximum absolute atomic E-state index is 12.8. The molecule has 0 aliphatic heterocycles. The van der Waals surface area contributed by atoms with Crippen molar-refractivity contribution in [1.82, 2.24) is 0 Å². The van der Waals surface area contributed by atoms with Crippen LogP contribution in [0.5, 0.6) is 0 Å². The molecular weight excluding hydrogens is 832 g/mol. The van der Waals surface area contributed by atoms with E-state index in [9.17, 15) is 28.9 Å². The van der Waals surface area contributed by atoms with Crippen molar-refractivity contribution in [1.29, 1.82) is 0 Å². The van der Waals surface area contributed by atoms with E-state index in [0.717, 1.165) is 77.0 Å². The number of hydrogen-bond acceptors (Lipinski definition) is 10. The molecule has 0 heterocycles. The fourth-order valence-corrected chi connectivity index (χ4v) is 8.37. The predicted molar refractivity (Wildman–Crippen MR) is 261 cm³/mol. The fourth-order valence-electron chi connectivity index (χ4n) is 7.59. The Balaban J connectivity index is 4.69. The largest absolute Gasteiger partial charge is 0.472 e. The summed E-state index contributed by atoms with van der Waals surface area (Å²) in [5.74, 6) is -1.45. The van der Waals surface area contributed by atoms with Crippen LogP contribution in [-0.4, -0.2) is 66.5 Å². The first kappa shape index (κ1) is 62.2. The van der Waals surface area contributed by atoms with Gasteiger partial charge in [0.2, 0.25) is 0 Å². The molecule has 0 rings (SSSR count). The summed E-state index contributed by atoms with van der Waals surface area (Å²) in [5, 5.41) is 9.76. The van der Waals surface area contributed by atoms with Crippen molar-refractivity contribution in [2.24, 2.45) is 0 Å². The standard InChI is InChI=1S/C52H99O11P/c1-4-7-10-13-16-19-22-23-24-25-28-29-32-35-38-41-50(54)59-45-49(63-52(56)43-40-37-34-31-27-21-18-15-12-9-6-3)47-61-64(57,58)60-46-48(44-53)62-51(55)42-39-36-33-30-26-20-17-14-11-8-5-2/h23-24,48-49,53H,4-22,25-47H2,1-3H3,(H,57,58)/b24-23-. The van der Waals surface area contributed by atoms with E-state index in [0.29, 0.717) is 19.3 Å². The van der Waals surface area contributed by atoms with Crippen molar-refractivity contribution >= 4 is 25.7 Å². The Hall–Kier alpha value is -1.78. The van der Waals surface area contributed by atoms with E-state index in [1.54, 1.807) is 0 Å². The van der Waals surface area contributed by atoms with Crippen LogP contribution in [-0.2, 0) is 42.2 Å². The number of phosphoric ester groups is 1. The zero-order valence-electron chi connectivity index (χ0n) is 41.5. The van der Waals surface area contributed by atoms with Crippen LogP contribution in [0.1, 0.15) is 265 Å². The van der Waals surface area contributed by atoms with Gasteiger partial charge in [-0.25, -0.2) is 4.57 Å². The minimum absolute atomic E-state index is 0.173. The molecule has 0 saturated heterocycles. The Morgan fingerprint density at radius 2 is 0.719 bits per heavy atom. The molecule has 0 fully saturated rings. The number of aliphatic hydroxyl groups is 1. The van der Waals surface area contributed by atoms with Crippen LogP contribution < -0.4 is 0 Å². The van der Waals surface area contributed by atoms with Crippen LogP contribution in [0.3, 0.4) is 0 Å². The fraction of sp³-hybridized carbons (Fsp3) is 0.904. The third-order valence-electron chi connectivity index (χ3n) is 11.7. The van der Waals surface area contributed by atoms with Crippen LogP contribution in [0.15, 0.2) is 12.2 Å². The number of ether oxygens (including phenoxy) is 3. The average molecular weight is 931 g/mol. The number of esters is 3. The molecule has 0 aromatic rings. The molecule has 0 radical (unpaired) electrons. The molecule has 0 aliphatic carbocycles. The van der Waals surface area contributed by atoms with Crippen molar-refractivity contribution in [2.75, 3.05) is 26.4 Å². The predicted octanol–water partition coefficient (Wildman–Crippen LogP) is 14.9. The van der Waals surface area contributed by atoms with Crippen LogP contribution in [0, 0.1) is 0 Å². The van der Waals surface area contributed by atoms with Gasteiger partial charge in [0.1, 0.15) is 12.7 Å². The van der Waals surface area contributed by atoms with Gasteiger partial charge in [-0.05, 0) is 44.9 Å². The normalized spacial score (nSPS) is 13.5. The topological polar surface area (TPSA) is 155 Å². The van der Waals surface area contributed by atoms with Gasteiger partial charge in [-0.2, -0.15) is 0 Å². The van der Waals surface area contributed by atoms with E-state index < -0.39 is 57.8 Å². The minimum Gasteiger partial charge on any atom is -0.462 e. The van der Waals surface area contributed by atoms with Crippen molar-refractivity contribution in [2.45, 2.75) is 277 Å². The summed E-state index contributed by atoms with van der Waals surface area (Å²) in [6.45, 7) is 4.64. The van der Waals surface area contributed by atoms with Crippen molar-refractivity contribution < 1.29 is 52.2 Å². The summed E-state index contributed by atoms with van der Waals surface area (Å²) < 4.78 is 39.3. The van der Waals surface area contributed by atoms with Gasteiger partial charge < -0.3 is 24.2 Å². The molecule has 0 aromatic heterocycles. The van der Waals surface area contributed by atoms with E-state index in [4.69, 9.17) is 23.3 Å². The third kappa shape index (κ3) is 45.4. The van der Waals surface area contributed by atoms with Crippen molar-refractivity contribution in [3.8, 4) is 0 Å². The Labute approximate surface area is 392 Å². The number of rotatable bonds is 50. The van der Waals surface area contributed by atoms with Gasteiger partial charge in [-0.15, -0.1) is 0 Å². The molecule has 3 atom stereocenters. The molecular formula is C52H99O11P. The lowest BCUT2D eigenvalue weighted by molar-refractivity contribution is -0.161. The molecule has 3 unspecified atom stereocenters. The van der Waals surface area contributed by atoms with Crippen molar-refractivity contribution in [3.63, 3.8) is 0 Å². The second-order valence-electron chi connectivity index (χ2n) is 18.1. The second kappa shape index (κ2) is 47.7. The summed E-state index contributed by atoms with van der Waals surface area (Å²) >= 11 is 0. The van der Waals surface area contributed by atoms with Crippen LogP contribution in [0.25, 0.3) is 0 Å². The summed E-state index contributed by atoms with van der Waals surface area (Å²) in [6.07, 6.45) is 43.2. The molecule has 0 saturated carbocycles. The van der Waals surface area contributed by atoms with Gasteiger partial charge in [-0.1, -0.05) is 213 Å². The number of phosphoric acid groups is 1. The lowest BCUT2D eigenvalue weighted by atomic mass is 10.1. The molecule has 0 aromatic carbocycles.